The van der Waals surface area contributed by atoms with E-state index >= 15 is 0 Å². The summed E-state index contributed by atoms with van der Waals surface area (Å²) in [6.45, 7) is 4.15. The Labute approximate surface area is 268 Å². The number of ether oxygens (including phenoxy) is 4. The summed E-state index contributed by atoms with van der Waals surface area (Å²) in [6, 6.07) is 15.0. The molecule has 43 heavy (non-hydrogen) atoms. The summed E-state index contributed by atoms with van der Waals surface area (Å²) in [5, 5.41) is 10.7. The van der Waals surface area contributed by atoms with E-state index in [4.69, 9.17) is 18.9 Å². The maximum atomic E-state index is 10.7. The molecule has 2 aromatic carbocycles. The van der Waals surface area contributed by atoms with Crippen LogP contribution >= 0.6 is 12.4 Å². The first-order chi connectivity index (χ1) is 20.5. The lowest BCUT2D eigenvalue weighted by Crippen LogP contribution is -2.28. The zero-order chi connectivity index (χ0) is 30.6. The van der Waals surface area contributed by atoms with Crippen molar-refractivity contribution in [3.8, 4) is 29.1 Å². The van der Waals surface area contributed by atoms with Crippen molar-refractivity contribution < 1.29 is 18.9 Å². The van der Waals surface area contributed by atoms with Crippen LogP contribution in [0.25, 0.3) is 0 Å². The molecule has 0 aromatic heterocycles. The topological polar surface area (TPSA) is 64.0 Å². The number of nitrogens with zero attached hydrogens (tertiary/aromatic N) is 2. The molecule has 0 saturated heterocycles. The van der Waals surface area contributed by atoms with Gasteiger partial charge in [0.15, 0.2) is 11.5 Å². The Morgan fingerprint density at radius 3 is 1.84 bits per heavy atom. The Morgan fingerprint density at radius 2 is 1.30 bits per heavy atom. The minimum atomic E-state index is -0.610. The summed E-state index contributed by atoms with van der Waals surface area (Å²) in [4.78, 5) is 2.36. The number of benzene rings is 2. The van der Waals surface area contributed by atoms with Crippen LogP contribution in [0.2, 0.25) is 0 Å². The predicted octanol–water partition coefficient (Wildman–Crippen LogP) is 9.17. The van der Waals surface area contributed by atoms with Crippen LogP contribution in [0.3, 0.4) is 0 Å². The van der Waals surface area contributed by atoms with Gasteiger partial charge in [-0.1, -0.05) is 83.3 Å². The highest BCUT2D eigenvalue weighted by Gasteiger charge is 2.34. The van der Waals surface area contributed by atoms with Gasteiger partial charge in [-0.05, 0) is 74.7 Å². The van der Waals surface area contributed by atoms with Crippen molar-refractivity contribution in [1.82, 2.24) is 4.90 Å². The first-order valence-electron chi connectivity index (χ1n) is 16.0. The summed E-state index contributed by atoms with van der Waals surface area (Å²) in [5.41, 5.74) is 1.61. The van der Waals surface area contributed by atoms with E-state index in [2.05, 4.69) is 37.1 Å². The Hall–Kier alpha value is -2.62. The molecule has 0 fully saturated rings. The number of unbranched alkanes of at least 4 members (excludes halogenated alkanes) is 9. The van der Waals surface area contributed by atoms with E-state index in [1.165, 1.54) is 56.9 Å². The van der Waals surface area contributed by atoms with Gasteiger partial charge in [0.05, 0.1) is 39.9 Å². The Balaban J connectivity index is 0.00000924. The van der Waals surface area contributed by atoms with Crippen molar-refractivity contribution >= 4 is 12.4 Å². The van der Waals surface area contributed by atoms with Gasteiger partial charge in [0.25, 0.3) is 0 Å². The third-order valence-electron chi connectivity index (χ3n) is 8.45. The Kier molecular flexibility index (Phi) is 19.6. The minimum Gasteiger partial charge on any atom is -0.497 e. The van der Waals surface area contributed by atoms with Crippen LogP contribution in [0.5, 0.6) is 23.0 Å². The van der Waals surface area contributed by atoms with Crippen molar-refractivity contribution in [2.75, 3.05) is 48.6 Å². The predicted molar refractivity (Wildman–Crippen MR) is 181 cm³/mol. The molecule has 0 spiro atoms. The van der Waals surface area contributed by atoms with Gasteiger partial charge in [0.1, 0.15) is 5.75 Å². The third kappa shape index (κ3) is 12.9. The van der Waals surface area contributed by atoms with Crippen molar-refractivity contribution in [1.29, 1.82) is 5.26 Å². The van der Waals surface area contributed by atoms with Crippen LogP contribution in [-0.4, -0.2) is 53.5 Å². The molecule has 0 heterocycles. The number of likely N-dealkylation sites (N-methyl/N-ethyl adjacent to an activating group) is 1. The largest absolute Gasteiger partial charge is 0.497 e. The van der Waals surface area contributed by atoms with Crippen LogP contribution in [0.4, 0.5) is 0 Å². The summed E-state index contributed by atoms with van der Waals surface area (Å²) in [6.07, 6.45) is 16.3. The van der Waals surface area contributed by atoms with Gasteiger partial charge in [0.2, 0.25) is 5.75 Å². The molecular formula is C36H57ClN2O4. The van der Waals surface area contributed by atoms with Gasteiger partial charge in [-0.15, -0.1) is 12.4 Å². The SMILES string of the molecule is CCCCCCCCCCCC[C@@](C#N)(CCCN(C)CCc1cccc(OC)c1)c1cc(OC)c(OC)c(OC)c1.Cl. The van der Waals surface area contributed by atoms with Gasteiger partial charge in [-0.3, -0.25) is 0 Å². The van der Waals surface area contributed by atoms with Gasteiger partial charge in [0, 0.05) is 6.54 Å². The van der Waals surface area contributed by atoms with Crippen molar-refractivity contribution in [2.24, 2.45) is 0 Å². The van der Waals surface area contributed by atoms with Gasteiger partial charge in [-0.25, -0.2) is 0 Å². The molecule has 6 nitrogen and oxygen atoms in total. The van der Waals surface area contributed by atoms with Gasteiger partial charge in [-0.2, -0.15) is 5.26 Å². The normalized spacial score (nSPS) is 12.2. The molecule has 0 N–H and O–H groups in total. The Bertz CT molecular complexity index is 1050. The van der Waals surface area contributed by atoms with Crippen LogP contribution < -0.4 is 18.9 Å². The molecule has 242 valence electrons. The second kappa shape index (κ2) is 22.0. The van der Waals surface area contributed by atoms with E-state index in [0.29, 0.717) is 17.2 Å². The van der Waals surface area contributed by atoms with Crippen LogP contribution in [0, 0.1) is 11.3 Å². The molecule has 1 atom stereocenters. The molecule has 2 aromatic rings. The fraction of sp³-hybridized carbons (Fsp3) is 0.639. The molecule has 0 aliphatic carbocycles. The van der Waals surface area contributed by atoms with Crippen molar-refractivity contribution in [2.45, 2.75) is 102 Å². The van der Waals surface area contributed by atoms with E-state index in [-0.39, 0.29) is 12.4 Å². The third-order valence-corrected chi connectivity index (χ3v) is 8.45. The first kappa shape index (κ1) is 38.4. The Morgan fingerprint density at radius 1 is 0.721 bits per heavy atom. The van der Waals surface area contributed by atoms with Crippen LogP contribution in [-0.2, 0) is 11.8 Å². The maximum Gasteiger partial charge on any atom is 0.203 e. The second-order valence-corrected chi connectivity index (χ2v) is 11.5. The van der Waals surface area contributed by atoms with E-state index in [0.717, 1.165) is 62.9 Å². The second-order valence-electron chi connectivity index (χ2n) is 11.5. The van der Waals surface area contributed by atoms with E-state index < -0.39 is 5.41 Å². The van der Waals surface area contributed by atoms with Crippen LogP contribution in [0.1, 0.15) is 102 Å². The molecular weight excluding hydrogens is 560 g/mol. The lowest BCUT2D eigenvalue weighted by Gasteiger charge is -2.30. The molecule has 0 amide bonds. The number of rotatable bonds is 23. The highest BCUT2D eigenvalue weighted by molar-refractivity contribution is 5.85. The molecule has 0 radical (unpaired) electrons. The molecule has 7 heteroatoms. The number of hydrogen-bond acceptors (Lipinski definition) is 6. The van der Waals surface area contributed by atoms with Gasteiger partial charge >= 0.3 is 0 Å². The minimum absolute atomic E-state index is 0. The maximum absolute atomic E-state index is 10.7. The number of halogens is 1. The smallest absolute Gasteiger partial charge is 0.203 e. The van der Waals surface area contributed by atoms with E-state index in [1.807, 2.05) is 24.3 Å². The lowest BCUT2D eigenvalue weighted by atomic mass is 9.73. The van der Waals surface area contributed by atoms with E-state index in [9.17, 15) is 5.26 Å². The van der Waals surface area contributed by atoms with Crippen LogP contribution in [0.15, 0.2) is 36.4 Å². The van der Waals surface area contributed by atoms with Crippen molar-refractivity contribution in [3.63, 3.8) is 0 Å². The summed E-state index contributed by atoms with van der Waals surface area (Å²) >= 11 is 0. The zero-order valence-corrected chi connectivity index (χ0v) is 28.5. The van der Waals surface area contributed by atoms with Gasteiger partial charge < -0.3 is 23.8 Å². The zero-order valence-electron chi connectivity index (χ0n) is 27.7. The molecule has 0 aliphatic rings. The average molecular weight is 617 g/mol. The fourth-order valence-electron chi connectivity index (χ4n) is 5.77. The summed E-state index contributed by atoms with van der Waals surface area (Å²) in [5.74, 6) is 2.66. The molecule has 0 bridgehead atoms. The standard InChI is InChI=1S/C36H56N2O4.ClH/c1-7-8-9-10-11-12-13-14-15-16-22-36(29-37,31-27-33(40-4)35(42-6)34(28-31)41-5)23-18-24-38(2)25-21-30-19-17-20-32(26-30)39-3;/h17,19-20,26-28H,7-16,18,21-25H2,1-6H3;1H/t36-;/m0./s1. The molecule has 0 aliphatic heterocycles. The monoisotopic (exact) mass is 616 g/mol. The number of nitriles is 1. The summed E-state index contributed by atoms with van der Waals surface area (Å²) in [7, 11) is 8.75. The van der Waals surface area contributed by atoms with Crippen molar-refractivity contribution in [3.05, 3.63) is 47.5 Å². The average Bonchev–Trinajstić information content (AvgIpc) is 3.03. The molecule has 2 rings (SSSR count). The highest BCUT2D eigenvalue weighted by atomic mass is 35.5. The number of hydrogen-bond donors (Lipinski definition) is 0. The van der Waals surface area contributed by atoms with E-state index in [1.54, 1.807) is 28.4 Å². The lowest BCUT2D eigenvalue weighted by molar-refractivity contribution is 0.306. The quantitative estimate of drug-likeness (QED) is 0.116. The highest BCUT2D eigenvalue weighted by Crippen LogP contribution is 2.44. The molecule has 0 saturated carbocycles. The number of methoxy groups -OCH3 is 4. The first-order valence-corrected chi connectivity index (χ1v) is 16.0. The molecule has 0 unspecified atom stereocenters. The summed E-state index contributed by atoms with van der Waals surface area (Å²) < 4.78 is 22.3. The fourth-order valence-corrected chi connectivity index (χ4v) is 5.77.